The first-order chi connectivity index (χ1) is 14.8. The van der Waals surface area contributed by atoms with Gasteiger partial charge in [-0.25, -0.2) is 4.99 Å². The molecular weight excluding hydrogens is 415 g/mol. The number of benzene rings is 2. The number of hydrogen-bond donors (Lipinski definition) is 2. The van der Waals surface area contributed by atoms with Crippen LogP contribution in [0.25, 0.3) is 0 Å². The fourth-order valence-corrected chi connectivity index (χ4v) is 2.62. The highest BCUT2D eigenvalue weighted by Gasteiger charge is 2.29. The summed E-state index contributed by atoms with van der Waals surface area (Å²) in [6, 6.07) is 10.0. The summed E-state index contributed by atoms with van der Waals surface area (Å²) in [6.07, 6.45) is -4.43. The molecule has 0 unspecified atom stereocenters. The van der Waals surface area contributed by atoms with E-state index in [2.05, 4.69) is 15.6 Å². The van der Waals surface area contributed by atoms with Gasteiger partial charge in [0.15, 0.2) is 35.6 Å². The van der Waals surface area contributed by atoms with E-state index in [1.54, 1.807) is 38.5 Å². The Morgan fingerprint density at radius 1 is 0.903 bits per heavy atom. The second kappa shape index (κ2) is 11.2. The van der Waals surface area contributed by atoms with Crippen LogP contribution in [0, 0.1) is 0 Å². The Kier molecular flexibility index (Phi) is 8.65. The molecule has 0 aromatic heterocycles. The Morgan fingerprint density at radius 3 is 2.16 bits per heavy atom. The number of nitrogens with one attached hydrogen (secondary N) is 2. The summed E-state index contributed by atoms with van der Waals surface area (Å²) in [7, 11) is 4.48. The van der Waals surface area contributed by atoms with Crippen molar-refractivity contribution in [1.29, 1.82) is 0 Å². The third kappa shape index (κ3) is 7.47. The zero-order chi connectivity index (χ0) is 22.9. The first-order valence-electron chi connectivity index (χ1n) is 9.43. The van der Waals surface area contributed by atoms with Crippen molar-refractivity contribution in [3.05, 3.63) is 42.0 Å². The molecule has 0 fully saturated rings. The first kappa shape index (κ1) is 24.0. The summed E-state index contributed by atoms with van der Waals surface area (Å²) < 4.78 is 57.7. The van der Waals surface area contributed by atoms with Crippen LogP contribution in [0.2, 0.25) is 0 Å². The van der Waals surface area contributed by atoms with E-state index in [0.29, 0.717) is 24.0 Å². The van der Waals surface area contributed by atoms with E-state index in [1.165, 1.54) is 13.2 Å². The molecule has 10 heteroatoms. The number of methoxy groups -OCH3 is 3. The van der Waals surface area contributed by atoms with Gasteiger partial charge >= 0.3 is 6.18 Å². The standard InChI is InChI=1S/C21H26F3N3O4/c1-5-25-20(27-15-7-9-16(28-2)19(11-15)30-4)26-12-14-6-8-17(18(10-14)29-3)31-13-21(22,23)24/h6-11H,5,12-13H2,1-4H3,(H2,25,26,27). The van der Waals surface area contributed by atoms with Crippen LogP contribution in [0.15, 0.2) is 41.4 Å². The molecule has 2 aromatic carbocycles. The molecule has 31 heavy (non-hydrogen) atoms. The van der Waals surface area contributed by atoms with Gasteiger partial charge in [-0.2, -0.15) is 13.2 Å². The SMILES string of the molecule is CCNC(=NCc1ccc(OCC(F)(F)F)c(OC)c1)Nc1ccc(OC)c(OC)c1. The van der Waals surface area contributed by atoms with Gasteiger partial charge in [0.05, 0.1) is 27.9 Å². The van der Waals surface area contributed by atoms with Crippen molar-refractivity contribution >= 4 is 11.6 Å². The number of nitrogens with zero attached hydrogens (tertiary/aromatic N) is 1. The van der Waals surface area contributed by atoms with Crippen molar-refractivity contribution in [2.75, 3.05) is 39.8 Å². The maximum Gasteiger partial charge on any atom is 0.422 e. The summed E-state index contributed by atoms with van der Waals surface area (Å²) in [5, 5.41) is 6.31. The van der Waals surface area contributed by atoms with E-state index in [-0.39, 0.29) is 18.0 Å². The Labute approximate surface area is 179 Å². The van der Waals surface area contributed by atoms with Crippen LogP contribution in [-0.4, -0.2) is 46.6 Å². The maximum absolute atomic E-state index is 12.4. The molecule has 0 saturated carbocycles. The summed E-state index contributed by atoms with van der Waals surface area (Å²) >= 11 is 0. The minimum absolute atomic E-state index is 0.0166. The largest absolute Gasteiger partial charge is 0.493 e. The van der Waals surface area contributed by atoms with Crippen LogP contribution in [0.4, 0.5) is 18.9 Å². The highest BCUT2D eigenvalue weighted by Crippen LogP contribution is 2.31. The number of hydrogen-bond acceptors (Lipinski definition) is 5. The van der Waals surface area contributed by atoms with Crippen molar-refractivity contribution in [2.24, 2.45) is 4.99 Å². The molecule has 0 amide bonds. The molecule has 0 bridgehead atoms. The van der Waals surface area contributed by atoms with E-state index in [4.69, 9.17) is 18.9 Å². The molecular formula is C21H26F3N3O4. The van der Waals surface area contributed by atoms with Crippen molar-refractivity contribution in [3.8, 4) is 23.0 Å². The lowest BCUT2D eigenvalue weighted by Crippen LogP contribution is -2.30. The van der Waals surface area contributed by atoms with E-state index in [0.717, 1.165) is 11.3 Å². The van der Waals surface area contributed by atoms with Crippen LogP contribution in [0.5, 0.6) is 23.0 Å². The average Bonchev–Trinajstić information content (AvgIpc) is 2.75. The zero-order valence-electron chi connectivity index (χ0n) is 17.8. The van der Waals surface area contributed by atoms with Crippen LogP contribution in [-0.2, 0) is 6.54 Å². The van der Waals surface area contributed by atoms with Gasteiger partial charge in [-0.05, 0) is 36.8 Å². The van der Waals surface area contributed by atoms with Crippen LogP contribution >= 0.6 is 0 Å². The minimum Gasteiger partial charge on any atom is -0.493 e. The normalized spacial score (nSPS) is 11.6. The summed E-state index contributed by atoms with van der Waals surface area (Å²) in [6.45, 7) is 1.44. The quantitative estimate of drug-likeness (QED) is 0.448. The predicted octanol–water partition coefficient (Wildman–Crippen LogP) is 4.23. The van der Waals surface area contributed by atoms with Gasteiger partial charge in [-0.15, -0.1) is 0 Å². The molecule has 0 spiro atoms. The third-order valence-corrected chi connectivity index (χ3v) is 4.03. The number of ether oxygens (including phenoxy) is 4. The van der Waals surface area contributed by atoms with Gasteiger partial charge in [0.2, 0.25) is 0 Å². The van der Waals surface area contributed by atoms with Gasteiger partial charge in [0, 0.05) is 18.3 Å². The predicted molar refractivity (Wildman–Crippen MR) is 113 cm³/mol. The highest BCUT2D eigenvalue weighted by atomic mass is 19.4. The van der Waals surface area contributed by atoms with Crippen LogP contribution < -0.4 is 29.6 Å². The lowest BCUT2D eigenvalue weighted by atomic mass is 10.2. The van der Waals surface area contributed by atoms with Crippen molar-refractivity contribution < 1.29 is 32.1 Å². The number of guanidine groups is 1. The van der Waals surface area contributed by atoms with E-state index in [1.807, 2.05) is 13.0 Å². The van der Waals surface area contributed by atoms with Gasteiger partial charge < -0.3 is 29.6 Å². The van der Waals surface area contributed by atoms with E-state index >= 15 is 0 Å². The first-order valence-corrected chi connectivity index (χ1v) is 9.43. The fraction of sp³-hybridized carbons (Fsp3) is 0.381. The molecule has 0 aliphatic rings. The zero-order valence-corrected chi connectivity index (χ0v) is 17.8. The van der Waals surface area contributed by atoms with Crippen molar-refractivity contribution in [3.63, 3.8) is 0 Å². The molecule has 0 heterocycles. The molecule has 2 aromatic rings. The lowest BCUT2D eigenvalue weighted by Gasteiger charge is -2.15. The molecule has 0 saturated heterocycles. The second-order valence-electron chi connectivity index (χ2n) is 6.28. The second-order valence-corrected chi connectivity index (χ2v) is 6.28. The smallest absolute Gasteiger partial charge is 0.422 e. The number of anilines is 1. The molecule has 0 aliphatic carbocycles. The third-order valence-electron chi connectivity index (χ3n) is 4.03. The molecule has 2 N–H and O–H groups in total. The van der Waals surface area contributed by atoms with Gasteiger partial charge in [-0.3, -0.25) is 0 Å². The Morgan fingerprint density at radius 2 is 1.55 bits per heavy atom. The molecule has 170 valence electrons. The Hall–Kier alpha value is -3.30. The molecule has 0 atom stereocenters. The van der Waals surface area contributed by atoms with Gasteiger partial charge in [0.25, 0.3) is 0 Å². The number of rotatable bonds is 9. The average molecular weight is 441 g/mol. The molecule has 0 aliphatic heterocycles. The Bertz CT molecular complexity index is 889. The number of halogens is 3. The van der Waals surface area contributed by atoms with E-state index < -0.39 is 12.8 Å². The van der Waals surface area contributed by atoms with Crippen LogP contribution in [0.3, 0.4) is 0 Å². The molecule has 7 nitrogen and oxygen atoms in total. The maximum atomic E-state index is 12.4. The topological polar surface area (TPSA) is 73.3 Å². The monoisotopic (exact) mass is 441 g/mol. The van der Waals surface area contributed by atoms with Crippen molar-refractivity contribution in [2.45, 2.75) is 19.6 Å². The minimum atomic E-state index is -4.43. The summed E-state index contributed by atoms with van der Waals surface area (Å²) in [5.74, 6) is 1.92. The summed E-state index contributed by atoms with van der Waals surface area (Å²) in [4.78, 5) is 4.51. The Balaban J connectivity index is 2.14. The highest BCUT2D eigenvalue weighted by molar-refractivity contribution is 5.93. The molecule has 0 radical (unpaired) electrons. The molecule has 2 rings (SSSR count). The van der Waals surface area contributed by atoms with Crippen LogP contribution in [0.1, 0.15) is 12.5 Å². The van der Waals surface area contributed by atoms with Gasteiger partial charge in [-0.1, -0.05) is 6.07 Å². The fourth-order valence-electron chi connectivity index (χ4n) is 2.62. The number of aliphatic imine (C=N–C) groups is 1. The van der Waals surface area contributed by atoms with E-state index in [9.17, 15) is 13.2 Å². The van der Waals surface area contributed by atoms with Gasteiger partial charge in [0.1, 0.15) is 0 Å². The lowest BCUT2D eigenvalue weighted by molar-refractivity contribution is -0.153. The number of alkyl halides is 3. The summed E-state index contributed by atoms with van der Waals surface area (Å²) in [5.41, 5.74) is 1.48. The van der Waals surface area contributed by atoms with Crippen molar-refractivity contribution in [1.82, 2.24) is 5.32 Å².